The molecule has 0 bridgehead atoms. The SMILES string of the molecule is CC(C)c1cc2n(n1)C(=O)CC1(CCNCC1)C2. The third-order valence-corrected chi connectivity index (χ3v) is 4.38. The van der Waals surface area contributed by atoms with Crippen LogP contribution in [0.4, 0.5) is 0 Å². The lowest BCUT2D eigenvalue weighted by molar-refractivity contribution is 0.0700. The van der Waals surface area contributed by atoms with Gasteiger partial charge in [-0.05, 0) is 49.8 Å². The van der Waals surface area contributed by atoms with E-state index in [1.165, 1.54) is 0 Å². The number of carbonyl (C=O) groups is 1. The Balaban J connectivity index is 1.93. The molecule has 1 saturated heterocycles. The number of aromatic nitrogens is 2. The van der Waals surface area contributed by atoms with Crippen molar-refractivity contribution in [3.05, 3.63) is 17.5 Å². The zero-order valence-electron chi connectivity index (χ0n) is 11.2. The number of carbonyl (C=O) groups excluding carboxylic acids is 1. The van der Waals surface area contributed by atoms with E-state index in [9.17, 15) is 4.79 Å². The standard InChI is InChI=1S/C14H21N3O/c1-10(2)12-7-11-8-14(3-5-15-6-4-14)9-13(18)17(11)16-12/h7,10,15H,3-6,8-9H2,1-2H3. The van der Waals surface area contributed by atoms with Crippen LogP contribution < -0.4 is 5.32 Å². The van der Waals surface area contributed by atoms with Gasteiger partial charge >= 0.3 is 0 Å². The molecule has 1 aromatic rings. The van der Waals surface area contributed by atoms with Gasteiger partial charge in [0.1, 0.15) is 0 Å². The van der Waals surface area contributed by atoms with Crippen LogP contribution in [0.25, 0.3) is 0 Å². The number of nitrogens with one attached hydrogen (secondary N) is 1. The Labute approximate surface area is 108 Å². The monoisotopic (exact) mass is 247 g/mol. The van der Waals surface area contributed by atoms with Crippen molar-refractivity contribution in [2.45, 2.75) is 45.4 Å². The largest absolute Gasteiger partial charge is 0.317 e. The van der Waals surface area contributed by atoms with Crippen molar-refractivity contribution in [1.29, 1.82) is 0 Å². The molecule has 3 rings (SSSR count). The second-order valence-corrected chi connectivity index (χ2v) is 6.12. The third-order valence-electron chi connectivity index (χ3n) is 4.38. The molecule has 1 N–H and O–H groups in total. The molecule has 2 aliphatic heterocycles. The summed E-state index contributed by atoms with van der Waals surface area (Å²) in [4.78, 5) is 12.3. The van der Waals surface area contributed by atoms with Crippen LogP contribution in [0, 0.1) is 5.41 Å². The molecule has 1 fully saturated rings. The average molecular weight is 247 g/mol. The van der Waals surface area contributed by atoms with Gasteiger partial charge in [0.15, 0.2) is 0 Å². The normalized spacial score (nSPS) is 22.5. The van der Waals surface area contributed by atoms with Crippen molar-refractivity contribution in [3.8, 4) is 0 Å². The fourth-order valence-electron chi connectivity index (χ4n) is 3.22. The van der Waals surface area contributed by atoms with Gasteiger partial charge < -0.3 is 5.32 Å². The van der Waals surface area contributed by atoms with E-state index in [0.717, 1.165) is 43.7 Å². The Morgan fingerprint density at radius 1 is 1.33 bits per heavy atom. The average Bonchev–Trinajstić information content (AvgIpc) is 2.74. The van der Waals surface area contributed by atoms with E-state index in [1.807, 2.05) is 0 Å². The molecule has 1 aromatic heterocycles. The Bertz CT molecular complexity index is 469. The summed E-state index contributed by atoms with van der Waals surface area (Å²) in [6, 6.07) is 2.13. The number of piperidine rings is 1. The van der Waals surface area contributed by atoms with Crippen LogP contribution >= 0.6 is 0 Å². The highest BCUT2D eigenvalue weighted by Crippen LogP contribution is 2.40. The molecule has 0 aromatic carbocycles. The maximum Gasteiger partial charge on any atom is 0.247 e. The van der Waals surface area contributed by atoms with Crippen LogP contribution in [-0.2, 0) is 6.42 Å². The van der Waals surface area contributed by atoms with Gasteiger partial charge in [0, 0.05) is 12.1 Å². The van der Waals surface area contributed by atoms with E-state index >= 15 is 0 Å². The van der Waals surface area contributed by atoms with Crippen molar-refractivity contribution in [2.24, 2.45) is 5.41 Å². The second kappa shape index (κ2) is 4.19. The van der Waals surface area contributed by atoms with Gasteiger partial charge in [0.25, 0.3) is 0 Å². The van der Waals surface area contributed by atoms with Gasteiger partial charge in [-0.25, -0.2) is 4.68 Å². The van der Waals surface area contributed by atoms with Gasteiger partial charge in [0.2, 0.25) is 5.91 Å². The lowest BCUT2D eigenvalue weighted by Gasteiger charge is -2.39. The summed E-state index contributed by atoms with van der Waals surface area (Å²) in [7, 11) is 0. The van der Waals surface area contributed by atoms with Crippen molar-refractivity contribution >= 4 is 5.91 Å². The smallest absolute Gasteiger partial charge is 0.247 e. The number of fused-ring (bicyclic) bond motifs is 1. The molecule has 0 saturated carbocycles. The summed E-state index contributed by atoms with van der Waals surface area (Å²) >= 11 is 0. The van der Waals surface area contributed by atoms with Crippen molar-refractivity contribution in [3.63, 3.8) is 0 Å². The highest BCUT2D eigenvalue weighted by molar-refractivity contribution is 5.80. The summed E-state index contributed by atoms with van der Waals surface area (Å²) in [6.07, 6.45) is 3.91. The fraction of sp³-hybridized carbons (Fsp3) is 0.714. The van der Waals surface area contributed by atoms with E-state index in [2.05, 4.69) is 30.3 Å². The van der Waals surface area contributed by atoms with Crippen LogP contribution in [0.2, 0.25) is 0 Å². The molecular weight excluding hydrogens is 226 g/mol. The molecular formula is C14H21N3O. The highest BCUT2D eigenvalue weighted by atomic mass is 16.2. The van der Waals surface area contributed by atoms with Crippen LogP contribution in [0.15, 0.2) is 6.07 Å². The molecule has 2 aliphatic rings. The summed E-state index contributed by atoms with van der Waals surface area (Å²) in [6.45, 7) is 6.33. The Morgan fingerprint density at radius 2 is 2.06 bits per heavy atom. The third kappa shape index (κ3) is 1.88. The Kier molecular flexibility index (Phi) is 2.77. The molecule has 4 heteroatoms. The van der Waals surface area contributed by atoms with E-state index in [-0.39, 0.29) is 11.3 Å². The first-order chi connectivity index (χ1) is 8.60. The minimum absolute atomic E-state index is 0.185. The van der Waals surface area contributed by atoms with E-state index in [4.69, 9.17) is 0 Å². The van der Waals surface area contributed by atoms with Crippen LogP contribution in [0.5, 0.6) is 0 Å². The molecule has 0 amide bonds. The first-order valence-corrected chi connectivity index (χ1v) is 6.92. The second-order valence-electron chi connectivity index (χ2n) is 6.12. The lowest BCUT2D eigenvalue weighted by atomic mass is 9.71. The minimum atomic E-state index is 0.185. The fourth-order valence-corrected chi connectivity index (χ4v) is 3.22. The summed E-state index contributed by atoms with van der Waals surface area (Å²) in [5.41, 5.74) is 2.37. The number of hydrogen-bond acceptors (Lipinski definition) is 3. The predicted octanol–water partition coefficient (Wildman–Crippen LogP) is 1.96. The summed E-state index contributed by atoms with van der Waals surface area (Å²) < 4.78 is 1.66. The van der Waals surface area contributed by atoms with Gasteiger partial charge in [-0.2, -0.15) is 5.10 Å². The highest BCUT2D eigenvalue weighted by Gasteiger charge is 2.40. The number of nitrogens with zero attached hydrogens (tertiary/aromatic N) is 2. The van der Waals surface area contributed by atoms with Crippen molar-refractivity contribution in [1.82, 2.24) is 15.1 Å². The topological polar surface area (TPSA) is 46.9 Å². The molecule has 3 heterocycles. The molecule has 18 heavy (non-hydrogen) atoms. The first kappa shape index (κ1) is 11.9. The predicted molar refractivity (Wildman–Crippen MR) is 69.8 cm³/mol. The van der Waals surface area contributed by atoms with E-state index in [1.54, 1.807) is 4.68 Å². The molecule has 4 nitrogen and oxygen atoms in total. The molecule has 98 valence electrons. The molecule has 0 aliphatic carbocycles. The van der Waals surface area contributed by atoms with Crippen molar-refractivity contribution in [2.75, 3.05) is 13.1 Å². The van der Waals surface area contributed by atoms with Crippen LogP contribution in [0.1, 0.15) is 55.2 Å². The van der Waals surface area contributed by atoms with Gasteiger partial charge in [0.05, 0.1) is 5.69 Å². The molecule has 0 unspecified atom stereocenters. The molecule has 0 atom stereocenters. The maximum absolute atomic E-state index is 12.3. The van der Waals surface area contributed by atoms with Crippen molar-refractivity contribution < 1.29 is 4.79 Å². The van der Waals surface area contributed by atoms with E-state index in [0.29, 0.717) is 12.3 Å². The zero-order valence-corrected chi connectivity index (χ0v) is 11.2. The van der Waals surface area contributed by atoms with Crippen LogP contribution in [0.3, 0.4) is 0 Å². The molecule has 0 radical (unpaired) electrons. The number of rotatable bonds is 1. The minimum Gasteiger partial charge on any atom is -0.317 e. The van der Waals surface area contributed by atoms with Crippen LogP contribution in [-0.4, -0.2) is 28.8 Å². The quantitative estimate of drug-likeness (QED) is 0.825. The van der Waals surface area contributed by atoms with Gasteiger partial charge in [-0.3, -0.25) is 4.79 Å². The summed E-state index contributed by atoms with van der Waals surface area (Å²) in [5.74, 6) is 0.574. The van der Waals surface area contributed by atoms with E-state index < -0.39 is 0 Å². The Morgan fingerprint density at radius 3 is 2.72 bits per heavy atom. The van der Waals surface area contributed by atoms with Gasteiger partial charge in [-0.1, -0.05) is 13.8 Å². The Hall–Kier alpha value is -1.16. The maximum atomic E-state index is 12.3. The molecule has 1 spiro atoms. The summed E-state index contributed by atoms with van der Waals surface area (Å²) in [5, 5.41) is 7.85. The van der Waals surface area contributed by atoms with Gasteiger partial charge in [-0.15, -0.1) is 0 Å². The zero-order chi connectivity index (χ0) is 12.8. The first-order valence-electron chi connectivity index (χ1n) is 6.92. The number of hydrogen-bond donors (Lipinski definition) is 1. The lowest BCUT2D eigenvalue weighted by Crippen LogP contribution is -2.43.